The van der Waals surface area contributed by atoms with Crippen LogP contribution in [0.1, 0.15) is 15.9 Å². The molecule has 0 saturated carbocycles. The molecule has 124 valence electrons. The van der Waals surface area contributed by atoms with E-state index in [0.29, 0.717) is 28.0 Å². The highest BCUT2D eigenvalue weighted by Crippen LogP contribution is 2.32. The number of para-hydroxylation sites is 1. The lowest BCUT2D eigenvalue weighted by Gasteiger charge is -2.01. The van der Waals surface area contributed by atoms with E-state index in [1.54, 1.807) is 42.5 Å². The minimum atomic E-state index is -0.431. The Morgan fingerprint density at radius 1 is 1.12 bits per heavy atom. The quantitative estimate of drug-likeness (QED) is 0.585. The van der Waals surface area contributed by atoms with Crippen molar-refractivity contribution in [2.75, 3.05) is 6.79 Å². The summed E-state index contributed by atoms with van der Waals surface area (Å²) in [7, 11) is 0. The van der Waals surface area contributed by atoms with Crippen LogP contribution in [0.3, 0.4) is 0 Å². The summed E-state index contributed by atoms with van der Waals surface area (Å²) < 4.78 is 15.8. The van der Waals surface area contributed by atoms with Gasteiger partial charge in [-0.2, -0.15) is 5.10 Å². The summed E-state index contributed by atoms with van der Waals surface area (Å²) in [5.74, 6) is 0.667. The molecule has 0 spiro atoms. The van der Waals surface area contributed by atoms with Crippen molar-refractivity contribution in [3.63, 3.8) is 0 Å². The van der Waals surface area contributed by atoms with Gasteiger partial charge >= 0.3 is 0 Å². The fourth-order valence-electron chi connectivity index (χ4n) is 2.44. The molecule has 0 radical (unpaired) electrons. The Morgan fingerprint density at radius 3 is 2.88 bits per heavy atom. The van der Waals surface area contributed by atoms with Crippen LogP contribution < -0.4 is 20.3 Å². The van der Waals surface area contributed by atoms with Gasteiger partial charge in [0, 0.05) is 5.56 Å². The molecule has 7 heteroatoms. The van der Waals surface area contributed by atoms with E-state index in [9.17, 15) is 9.59 Å². The maximum absolute atomic E-state index is 12.3. The molecular formula is C18H12N2O5. The molecule has 0 aliphatic carbocycles. The van der Waals surface area contributed by atoms with Crippen molar-refractivity contribution in [1.82, 2.24) is 5.43 Å². The maximum atomic E-state index is 12.3. The van der Waals surface area contributed by atoms with Gasteiger partial charge in [-0.1, -0.05) is 12.1 Å². The maximum Gasteiger partial charge on any atom is 0.271 e. The molecule has 2 heterocycles. The molecule has 0 atom stereocenters. The summed E-state index contributed by atoms with van der Waals surface area (Å²) >= 11 is 0. The van der Waals surface area contributed by atoms with Gasteiger partial charge in [0.05, 0.1) is 17.2 Å². The minimum absolute atomic E-state index is 0.135. The molecule has 1 aliphatic rings. The van der Waals surface area contributed by atoms with Crippen molar-refractivity contribution in [1.29, 1.82) is 0 Å². The fourth-order valence-corrected chi connectivity index (χ4v) is 2.44. The van der Waals surface area contributed by atoms with Crippen LogP contribution in [0.4, 0.5) is 0 Å². The number of nitrogens with zero attached hydrogens (tertiary/aromatic N) is 1. The number of nitrogens with one attached hydrogen (secondary N) is 1. The van der Waals surface area contributed by atoms with Crippen LogP contribution >= 0.6 is 0 Å². The van der Waals surface area contributed by atoms with E-state index in [1.165, 1.54) is 12.5 Å². The van der Waals surface area contributed by atoms with E-state index < -0.39 is 5.91 Å². The van der Waals surface area contributed by atoms with E-state index in [0.717, 1.165) is 0 Å². The van der Waals surface area contributed by atoms with E-state index in [2.05, 4.69) is 10.5 Å². The van der Waals surface area contributed by atoms with Crippen molar-refractivity contribution >= 4 is 23.1 Å². The third-order valence-corrected chi connectivity index (χ3v) is 3.71. The highest BCUT2D eigenvalue weighted by molar-refractivity contribution is 5.95. The molecule has 4 rings (SSSR count). The van der Waals surface area contributed by atoms with Crippen LogP contribution in [0, 0.1) is 0 Å². The Balaban J connectivity index is 1.52. The van der Waals surface area contributed by atoms with Crippen molar-refractivity contribution in [3.8, 4) is 11.5 Å². The number of ether oxygens (including phenoxy) is 2. The number of rotatable bonds is 3. The molecular weight excluding hydrogens is 324 g/mol. The lowest BCUT2D eigenvalue weighted by Crippen LogP contribution is -2.18. The first-order valence-corrected chi connectivity index (χ1v) is 7.46. The molecule has 7 nitrogen and oxygen atoms in total. The second kappa shape index (κ2) is 6.12. The Morgan fingerprint density at radius 2 is 1.96 bits per heavy atom. The first-order valence-electron chi connectivity index (χ1n) is 7.46. The second-order valence-corrected chi connectivity index (χ2v) is 5.28. The van der Waals surface area contributed by atoms with E-state index in [4.69, 9.17) is 13.9 Å². The number of hydrogen-bond donors (Lipinski definition) is 1. The molecule has 0 unspecified atom stereocenters. The number of carbonyl (C=O) groups excluding carboxylic acids is 1. The zero-order valence-corrected chi connectivity index (χ0v) is 12.9. The predicted octanol–water partition coefficient (Wildman–Crippen LogP) is 2.29. The van der Waals surface area contributed by atoms with Gasteiger partial charge in [0.1, 0.15) is 11.8 Å². The Hall–Kier alpha value is -3.61. The molecule has 1 N–H and O–H groups in total. The second-order valence-electron chi connectivity index (χ2n) is 5.28. The summed E-state index contributed by atoms with van der Waals surface area (Å²) in [6, 6.07) is 11.7. The normalized spacial score (nSPS) is 12.6. The van der Waals surface area contributed by atoms with Crippen molar-refractivity contribution in [2.45, 2.75) is 0 Å². The number of carbonyl (C=O) groups is 1. The fraction of sp³-hybridized carbons (Fsp3) is 0.0556. The Bertz CT molecular complexity index is 1050. The average molecular weight is 336 g/mol. The molecule has 0 fully saturated rings. The number of benzene rings is 2. The lowest BCUT2D eigenvalue weighted by atomic mass is 10.2. The lowest BCUT2D eigenvalue weighted by molar-refractivity contribution is 0.0954. The van der Waals surface area contributed by atoms with Gasteiger partial charge in [-0.05, 0) is 30.3 Å². The SMILES string of the molecule is O=C(N/N=C\c1coc2ccccc2c1=O)c1ccc2c(c1)OCO2. The molecule has 2 aromatic carbocycles. The summed E-state index contributed by atoms with van der Waals surface area (Å²) in [5.41, 5.74) is 3.25. The van der Waals surface area contributed by atoms with Crippen LogP contribution in [0.2, 0.25) is 0 Å². The van der Waals surface area contributed by atoms with Crippen LogP contribution in [0.25, 0.3) is 11.0 Å². The van der Waals surface area contributed by atoms with Gasteiger partial charge < -0.3 is 13.9 Å². The monoisotopic (exact) mass is 336 g/mol. The van der Waals surface area contributed by atoms with Crippen molar-refractivity contribution in [3.05, 3.63) is 70.1 Å². The molecule has 1 aliphatic heterocycles. The summed E-state index contributed by atoms with van der Waals surface area (Å²) in [6.45, 7) is 0.135. The smallest absolute Gasteiger partial charge is 0.271 e. The highest BCUT2D eigenvalue weighted by Gasteiger charge is 2.15. The number of hydrazone groups is 1. The predicted molar refractivity (Wildman–Crippen MR) is 90.1 cm³/mol. The summed E-state index contributed by atoms with van der Waals surface area (Å²) in [5, 5.41) is 4.27. The van der Waals surface area contributed by atoms with Gasteiger partial charge in [-0.25, -0.2) is 5.43 Å². The summed E-state index contributed by atoms with van der Waals surface area (Å²) in [4.78, 5) is 24.4. The standard InChI is InChI=1S/C18H12N2O5/c21-17-12(9-23-14-4-2-1-3-13(14)17)8-19-20-18(22)11-5-6-15-16(7-11)25-10-24-15/h1-9H,10H2,(H,20,22)/b19-8-. The number of hydrogen-bond acceptors (Lipinski definition) is 6. The van der Waals surface area contributed by atoms with Gasteiger partial charge in [0.15, 0.2) is 11.5 Å². The zero-order valence-electron chi connectivity index (χ0n) is 12.9. The van der Waals surface area contributed by atoms with Gasteiger partial charge in [0.2, 0.25) is 12.2 Å². The highest BCUT2D eigenvalue weighted by atomic mass is 16.7. The van der Waals surface area contributed by atoms with E-state index in [-0.39, 0.29) is 17.8 Å². The topological polar surface area (TPSA) is 90.1 Å². The van der Waals surface area contributed by atoms with Crippen LogP contribution in [-0.4, -0.2) is 18.9 Å². The van der Waals surface area contributed by atoms with Crippen molar-refractivity contribution < 1.29 is 18.7 Å². The van der Waals surface area contributed by atoms with Gasteiger partial charge in [-0.3, -0.25) is 9.59 Å². The van der Waals surface area contributed by atoms with Gasteiger partial charge in [-0.15, -0.1) is 0 Å². The molecule has 25 heavy (non-hydrogen) atoms. The Labute approximate surface area is 141 Å². The number of amides is 1. The minimum Gasteiger partial charge on any atom is -0.463 e. The molecule has 0 bridgehead atoms. The molecule has 1 aromatic heterocycles. The largest absolute Gasteiger partial charge is 0.463 e. The van der Waals surface area contributed by atoms with Crippen LogP contribution in [-0.2, 0) is 0 Å². The molecule has 0 saturated heterocycles. The first-order chi connectivity index (χ1) is 12.2. The molecule has 1 amide bonds. The van der Waals surface area contributed by atoms with Crippen molar-refractivity contribution in [2.24, 2.45) is 5.10 Å². The number of fused-ring (bicyclic) bond motifs is 2. The van der Waals surface area contributed by atoms with Crippen LogP contribution in [0.15, 0.2) is 63.0 Å². The first kappa shape index (κ1) is 14.9. The third kappa shape index (κ3) is 2.83. The van der Waals surface area contributed by atoms with Gasteiger partial charge in [0.25, 0.3) is 5.91 Å². The zero-order chi connectivity index (χ0) is 17.2. The summed E-state index contributed by atoms with van der Waals surface area (Å²) in [6.07, 6.45) is 2.56. The molecule has 3 aromatic rings. The third-order valence-electron chi connectivity index (χ3n) is 3.71. The van der Waals surface area contributed by atoms with E-state index in [1.807, 2.05) is 0 Å². The van der Waals surface area contributed by atoms with E-state index >= 15 is 0 Å². The Kier molecular flexibility index (Phi) is 3.66. The average Bonchev–Trinajstić information content (AvgIpc) is 3.11. The van der Waals surface area contributed by atoms with Crippen LogP contribution in [0.5, 0.6) is 11.5 Å².